The van der Waals surface area contributed by atoms with E-state index in [1.165, 1.54) is 11.0 Å². The zero-order chi connectivity index (χ0) is 17.6. The summed E-state index contributed by atoms with van der Waals surface area (Å²) in [7, 11) is -3.23. The smallest absolute Gasteiger partial charge is 0.250 e. The van der Waals surface area contributed by atoms with Crippen LogP contribution >= 0.6 is 11.8 Å². The number of fused-ring (bicyclic) bond motifs is 1. The fourth-order valence-electron chi connectivity index (χ4n) is 2.75. The third-order valence-electron chi connectivity index (χ3n) is 3.94. The van der Waals surface area contributed by atoms with Crippen molar-refractivity contribution in [2.75, 3.05) is 16.4 Å². The quantitative estimate of drug-likeness (QED) is 0.794. The summed E-state index contributed by atoms with van der Waals surface area (Å²) >= 11 is 1.16. The van der Waals surface area contributed by atoms with Gasteiger partial charge in [-0.1, -0.05) is 25.6 Å². The van der Waals surface area contributed by atoms with E-state index in [0.29, 0.717) is 0 Å². The molecule has 1 amide bonds. The van der Waals surface area contributed by atoms with E-state index in [9.17, 15) is 22.0 Å². The van der Waals surface area contributed by atoms with Gasteiger partial charge < -0.3 is 4.90 Å². The summed E-state index contributed by atoms with van der Waals surface area (Å²) in [4.78, 5) is 17.4. The molecule has 24 heavy (non-hydrogen) atoms. The largest absolute Gasteiger partial charge is 0.313 e. The number of carbonyl (C=O) groups excluding carboxylic acids is 1. The van der Waals surface area contributed by atoms with Gasteiger partial charge in [0, 0.05) is 17.2 Å². The molecule has 2 aliphatic heterocycles. The summed E-state index contributed by atoms with van der Waals surface area (Å²) in [5.41, 5.74) is 0.0313. The van der Waals surface area contributed by atoms with Crippen LogP contribution in [-0.2, 0) is 14.6 Å². The van der Waals surface area contributed by atoms with E-state index in [2.05, 4.69) is 4.99 Å². The molecule has 0 aromatic heterocycles. The molecule has 2 atom stereocenters. The number of hydrogen-bond acceptors (Lipinski definition) is 4. The second-order valence-corrected chi connectivity index (χ2v) is 9.51. The van der Waals surface area contributed by atoms with E-state index >= 15 is 0 Å². The van der Waals surface area contributed by atoms with Gasteiger partial charge in [0.25, 0.3) is 5.91 Å². The summed E-state index contributed by atoms with van der Waals surface area (Å²) in [5, 5.41) is -0.0535. The van der Waals surface area contributed by atoms with Gasteiger partial charge in [-0.05, 0) is 12.1 Å². The van der Waals surface area contributed by atoms with E-state index in [0.717, 1.165) is 23.9 Å². The predicted octanol–water partition coefficient (Wildman–Crippen LogP) is 2.22. The molecule has 2 saturated heterocycles. The maximum atomic E-state index is 14.2. The molecule has 0 radical (unpaired) electrons. The Labute approximate surface area is 143 Å². The van der Waals surface area contributed by atoms with Crippen LogP contribution in [0.1, 0.15) is 13.8 Å². The van der Waals surface area contributed by atoms with Crippen LogP contribution in [0, 0.1) is 17.6 Å². The molecule has 1 aromatic carbocycles. The lowest BCUT2D eigenvalue weighted by atomic mass is 10.2. The van der Waals surface area contributed by atoms with Crippen LogP contribution in [0.25, 0.3) is 0 Å². The fourth-order valence-corrected chi connectivity index (χ4v) is 6.66. The van der Waals surface area contributed by atoms with Crippen molar-refractivity contribution in [1.29, 1.82) is 0 Å². The average Bonchev–Trinajstić information content (AvgIpc) is 2.91. The maximum absolute atomic E-state index is 14.2. The van der Waals surface area contributed by atoms with Gasteiger partial charge in [-0.15, -0.1) is 0 Å². The summed E-state index contributed by atoms with van der Waals surface area (Å²) in [6, 6.07) is 2.56. The molecule has 9 heteroatoms. The molecule has 0 saturated carbocycles. The van der Waals surface area contributed by atoms with Gasteiger partial charge in [-0.25, -0.2) is 17.2 Å². The minimum Gasteiger partial charge on any atom is -0.313 e. The molecule has 1 aromatic rings. The van der Waals surface area contributed by atoms with Crippen molar-refractivity contribution in [1.82, 2.24) is 0 Å². The Balaban J connectivity index is 2.06. The molecule has 2 heterocycles. The van der Waals surface area contributed by atoms with Gasteiger partial charge in [-0.2, -0.15) is 4.99 Å². The minimum absolute atomic E-state index is 0.0313. The Morgan fingerprint density at radius 3 is 2.67 bits per heavy atom. The summed E-state index contributed by atoms with van der Waals surface area (Å²) in [6.45, 7) is 3.39. The van der Waals surface area contributed by atoms with Crippen LogP contribution < -0.4 is 4.90 Å². The fraction of sp³-hybridized carbons (Fsp3) is 0.467. The van der Waals surface area contributed by atoms with E-state index in [1.54, 1.807) is 13.8 Å². The zero-order valence-electron chi connectivity index (χ0n) is 13.1. The molecule has 0 N–H and O–H groups in total. The number of amides is 1. The molecule has 5 nitrogen and oxygen atoms in total. The number of hydrogen-bond donors (Lipinski definition) is 0. The first kappa shape index (κ1) is 17.3. The van der Waals surface area contributed by atoms with E-state index < -0.39 is 27.5 Å². The first-order valence-corrected chi connectivity index (χ1v) is 10.1. The Morgan fingerprint density at radius 2 is 2.04 bits per heavy atom. The molecule has 0 spiro atoms. The number of aliphatic imine (C=N–C) groups is 1. The highest BCUT2D eigenvalue weighted by Gasteiger charge is 2.50. The summed E-state index contributed by atoms with van der Waals surface area (Å²) in [6.07, 6.45) is 0. The van der Waals surface area contributed by atoms with E-state index in [4.69, 9.17) is 0 Å². The number of nitrogens with zero attached hydrogens (tertiary/aromatic N) is 2. The van der Waals surface area contributed by atoms with Crippen molar-refractivity contribution < 1.29 is 22.0 Å². The molecule has 0 bridgehead atoms. The Kier molecular flexibility index (Phi) is 4.41. The molecular formula is C15H16F2N2O3S2. The molecule has 2 aliphatic rings. The van der Waals surface area contributed by atoms with Crippen LogP contribution in [0.5, 0.6) is 0 Å². The Hall–Kier alpha value is -1.48. The van der Waals surface area contributed by atoms with Crippen molar-refractivity contribution in [2.24, 2.45) is 10.9 Å². The van der Waals surface area contributed by atoms with Gasteiger partial charge in [0.15, 0.2) is 15.0 Å². The first-order valence-electron chi connectivity index (χ1n) is 7.42. The lowest BCUT2D eigenvalue weighted by Gasteiger charge is -2.25. The molecule has 130 valence electrons. The van der Waals surface area contributed by atoms with E-state index in [1.807, 2.05) is 0 Å². The Bertz CT molecular complexity index is 824. The standard InChI is InChI=1S/C15H16F2N2O3S2/c1-8(2)14(20)18-15-19(11-4-3-9(16)5-10(11)17)12-6-24(21,22)7-13(12)23-15/h3-5,8,12-13H,6-7H2,1-2H3. The molecular weight excluding hydrogens is 358 g/mol. The average molecular weight is 374 g/mol. The van der Waals surface area contributed by atoms with Crippen LogP contribution in [0.3, 0.4) is 0 Å². The molecule has 2 fully saturated rings. The number of thioether (sulfide) groups is 1. The summed E-state index contributed by atoms with van der Waals surface area (Å²) < 4.78 is 51.2. The Morgan fingerprint density at radius 1 is 1.33 bits per heavy atom. The topological polar surface area (TPSA) is 66.8 Å². The van der Waals surface area contributed by atoms with Crippen molar-refractivity contribution >= 4 is 38.4 Å². The zero-order valence-corrected chi connectivity index (χ0v) is 14.7. The number of amidine groups is 1. The van der Waals surface area contributed by atoms with E-state index in [-0.39, 0.29) is 39.4 Å². The predicted molar refractivity (Wildman–Crippen MR) is 89.9 cm³/mol. The van der Waals surface area contributed by atoms with Crippen LogP contribution in [0.2, 0.25) is 0 Å². The number of benzene rings is 1. The van der Waals surface area contributed by atoms with Crippen molar-refractivity contribution in [3.05, 3.63) is 29.8 Å². The maximum Gasteiger partial charge on any atom is 0.250 e. The molecule has 2 unspecified atom stereocenters. The SMILES string of the molecule is CC(C)C(=O)N=C1SC2CS(=O)(=O)CC2N1c1ccc(F)cc1F. The number of rotatable bonds is 2. The van der Waals surface area contributed by atoms with Crippen LogP contribution in [-0.4, -0.2) is 42.3 Å². The lowest BCUT2D eigenvalue weighted by Crippen LogP contribution is -2.38. The second kappa shape index (κ2) is 6.11. The van der Waals surface area contributed by atoms with Crippen molar-refractivity contribution in [3.8, 4) is 0 Å². The van der Waals surface area contributed by atoms with Gasteiger partial charge in [0.2, 0.25) is 0 Å². The minimum atomic E-state index is -3.23. The highest BCUT2D eigenvalue weighted by molar-refractivity contribution is 8.16. The lowest BCUT2D eigenvalue weighted by molar-refractivity contribution is -0.120. The number of carbonyl (C=O) groups is 1. The number of sulfone groups is 1. The number of halogens is 2. The van der Waals surface area contributed by atoms with Gasteiger partial charge in [0.05, 0.1) is 23.2 Å². The van der Waals surface area contributed by atoms with Gasteiger partial charge in [-0.3, -0.25) is 4.79 Å². The molecule has 0 aliphatic carbocycles. The second-order valence-electron chi connectivity index (χ2n) is 6.15. The van der Waals surface area contributed by atoms with Crippen molar-refractivity contribution in [3.63, 3.8) is 0 Å². The third kappa shape index (κ3) is 3.19. The van der Waals surface area contributed by atoms with Crippen LogP contribution in [0.15, 0.2) is 23.2 Å². The van der Waals surface area contributed by atoms with Crippen molar-refractivity contribution in [2.45, 2.75) is 25.1 Å². The van der Waals surface area contributed by atoms with Gasteiger partial charge in [0.1, 0.15) is 11.6 Å². The van der Waals surface area contributed by atoms with Crippen LogP contribution in [0.4, 0.5) is 14.5 Å². The normalized spacial score (nSPS) is 27.0. The first-order chi connectivity index (χ1) is 11.2. The third-order valence-corrected chi connectivity index (χ3v) is 7.15. The monoisotopic (exact) mass is 374 g/mol. The number of anilines is 1. The highest BCUT2D eigenvalue weighted by Crippen LogP contribution is 2.41. The van der Waals surface area contributed by atoms with Gasteiger partial charge >= 0.3 is 0 Å². The summed E-state index contributed by atoms with van der Waals surface area (Å²) in [5.74, 6) is -2.43. The highest BCUT2D eigenvalue weighted by atomic mass is 32.2. The molecule has 3 rings (SSSR count).